The van der Waals surface area contributed by atoms with Crippen molar-refractivity contribution in [2.24, 2.45) is 5.92 Å². The number of carboxylic acids is 1. The summed E-state index contributed by atoms with van der Waals surface area (Å²) in [7, 11) is 1.55. The quantitative estimate of drug-likeness (QED) is 0.866. The summed E-state index contributed by atoms with van der Waals surface area (Å²) in [6, 6.07) is 2.02. The van der Waals surface area contributed by atoms with Crippen LogP contribution in [0.4, 0.5) is 0 Å². The first-order valence-electron chi connectivity index (χ1n) is 4.79. The third-order valence-corrected chi connectivity index (χ3v) is 2.85. The van der Waals surface area contributed by atoms with Crippen molar-refractivity contribution in [2.75, 3.05) is 13.6 Å². The van der Waals surface area contributed by atoms with Crippen molar-refractivity contribution in [1.29, 1.82) is 5.26 Å². The minimum Gasteiger partial charge on any atom is -0.476 e. The maximum absolute atomic E-state index is 11.8. The average molecular weight is 253 g/mol. The molecule has 0 fully saturated rings. The molecule has 1 N–H and O–H groups in total. The maximum Gasteiger partial charge on any atom is 0.355 e. The lowest BCUT2D eigenvalue weighted by molar-refractivity contribution is 0.0691. The van der Waals surface area contributed by atoms with Gasteiger partial charge in [0.15, 0.2) is 10.7 Å². The van der Waals surface area contributed by atoms with Gasteiger partial charge in [-0.2, -0.15) is 5.26 Å². The van der Waals surface area contributed by atoms with E-state index in [1.807, 2.05) is 6.07 Å². The zero-order valence-electron chi connectivity index (χ0n) is 9.38. The summed E-state index contributed by atoms with van der Waals surface area (Å²) in [5, 5.41) is 18.7. The van der Waals surface area contributed by atoms with Crippen LogP contribution >= 0.6 is 11.3 Å². The largest absolute Gasteiger partial charge is 0.476 e. The first-order valence-corrected chi connectivity index (χ1v) is 5.67. The number of thiazole rings is 1. The highest BCUT2D eigenvalue weighted by atomic mass is 32.1. The number of carbonyl (C=O) groups excluding carboxylic acids is 1. The summed E-state index contributed by atoms with van der Waals surface area (Å²) >= 11 is 0.983. The zero-order valence-corrected chi connectivity index (χ0v) is 10.2. The van der Waals surface area contributed by atoms with Gasteiger partial charge in [-0.25, -0.2) is 9.78 Å². The van der Waals surface area contributed by atoms with Crippen molar-refractivity contribution in [3.8, 4) is 6.07 Å². The van der Waals surface area contributed by atoms with Crippen LogP contribution in [0.5, 0.6) is 0 Å². The van der Waals surface area contributed by atoms with Crippen molar-refractivity contribution in [1.82, 2.24) is 9.88 Å². The number of hydrogen-bond acceptors (Lipinski definition) is 5. The molecule has 0 aliphatic rings. The first kappa shape index (κ1) is 13.1. The molecule has 1 rings (SSSR count). The Balaban J connectivity index is 2.75. The van der Waals surface area contributed by atoms with Crippen LogP contribution in [0.3, 0.4) is 0 Å². The highest BCUT2D eigenvalue weighted by Crippen LogP contribution is 2.12. The Kier molecular flexibility index (Phi) is 4.17. The highest BCUT2D eigenvalue weighted by Gasteiger charge is 2.19. The van der Waals surface area contributed by atoms with Crippen LogP contribution in [0, 0.1) is 17.2 Å². The van der Waals surface area contributed by atoms with Crippen molar-refractivity contribution in [3.05, 3.63) is 16.1 Å². The van der Waals surface area contributed by atoms with E-state index in [1.165, 1.54) is 10.3 Å². The lowest BCUT2D eigenvalue weighted by atomic mass is 10.2. The molecule has 0 spiro atoms. The summed E-state index contributed by atoms with van der Waals surface area (Å²) in [5.74, 6) is -1.80. The first-order chi connectivity index (χ1) is 7.95. The van der Waals surface area contributed by atoms with Crippen LogP contribution in [0.15, 0.2) is 5.38 Å². The number of amides is 1. The van der Waals surface area contributed by atoms with Gasteiger partial charge in [-0.3, -0.25) is 4.79 Å². The van der Waals surface area contributed by atoms with E-state index in [2.05, 4.69) is 4.98 Å². The number of aromatic carboxylic acids is 1. The van der Waals surface area contributed by atoms with Crippen LogP contribution in [0.25, 0.3) is 0 Å². The molecule has 0 aliphatic heterocycles. The monoisotopic (exact) mass is 253 g/mol. The predicted octanol–water partition coefficient (Wildman–Crippen LogP) is 1.07. The Morgan fingerprint density at radius 1 is 1.71 bits per heavy atom. The molecule has 17 heavy (non-hydrogen) atoms. The summed E-state index contributed by atoms with van der Waals surface area (Å²) in [6.07, 6.45) is 0. The Morgan fingerprint density at radius 3 is 2.82 bits per heavy atom. The van der Waals surface area contributed by atoms with Crippen molar-refractivity contribution < 1.29 is 14.7 Å². The minimum absolute atomic E-state index is 0.120. The van der Waals surface area contributed by atoms with Gasteiger partial charge in [-0.05, 0) is 6.92 Å². The predicted molar refractivity (Wildman–Crippen MR) is 60.8 cm³/mol. The molecular weight excluding hydrogens is 242 g/mol. The van der Waals surface area contributed by atoms with E-state index in [-0.39, 0.29) is 29.1 Å². The average Bonchev–Trinajstić information content (AvgIpc) is 2.77. The molecule has 1 unspecified atom stereocenters. The fourth-order valence-electron chi connectivity index (χ4n) is 1.17. The number of carbonyl (C=O) groups is 2. The van der Waals surface area contributed by atoms with Crippen LogP contribution in [0.1, 0.15) is 27.2 Å². The second-order valence-electron chi connectivity index (χ2n) is 3.56. The number of nitrogens with zero attached hydrogens (tertiary/aromatic N) is 3. The molecule has 7 heteroatoms. The fourth-order valence-corrected chi connectivity index (χ4v) is 1.95. The van der Waals surface area contributed by atoms with E-state index in [4.69, 9.17) is 10.4 Å². The molecule has 90 valence electrons. The van der Waals surface area contributed by atoms with E-state index < -0.39 is 5.97 Å². The van der Waals surface area contributed by atoms with E-state index in [9.17, 15) is 9.59 Å². The molecule has 0 aromatic carbocycles. The Hall–Kier alpha value is -1.94. The number of carboxylic acid groups (broad SMARTS) is 1. The van der Waals surface area contributed by atoms with Gasteiger partial charge in [-0.1, -0.05) is 0 Å². The topological polar surface area (TPSA) is 94.3 Å². The van der Waals surface area contributed by atoms with Crippen LogP contribution in [-0.2, 0) is 0 Å². The number of aromatic nitrogens is 1. The van der Waals surface area contributed by atoms with Crippen LogP contribution in [0.2, 0.25) is 0 Å². The second-order valence-corrected chi connectivity index (χ2v) is 4.42. The maximum atomic E-state index is 11.8. The third kappa shape index (κ3) is 3.26. The number of rotatable bonds is 4. The third-order valence-electron chi connectivity index (χ3n) is 2.02. The van der Waals surface area contributed by atoms with E-state index in [1.54, 1.807) is 14.0 Å². The molecule has 0 saturated heterocycles. The van der Waals surface area contributed by atoms with Crippen molar-refractivity contribution in [3.63, 3.8) is 0 Å². The van der Waals surface area contributed by atoms with Gasteiger partial charge >= 0.3 is 5.97 Å². The molecule has 6 nitrogen and oxygen atoms in total. The standard InChI is InChI=1S/C10H11N3O3S/c1-6(3-11)4-13(2)9(14)8-12-7(5-17-8)10(15)16/h5-6H,4H2,1-2H3,(H,15,16). The lowest BCUT2D eigenvalue weighted by Gasteiger charge is -2.16. The van der Waals surface area contributed by atoms with E-state index in [0.29, 0.717) is 0 Å². The molecule has 0 saturated carbocycles. The van der Waals surface area contributed by atoms with Crippen LogP contribution < -0.4 is 0 Å². The lowest BCUT2D eigenvalue weighted by Crippen LogP contribution is -2.30. The Labute approximate surface area is 102 Å². The van der Waals surface area contributed by atoms with Crippen molar-refractivity contribution in [2.45, 2.75) is 6.92 Å². The molecule has 0 bridgehead atoms. The molecule has 1 amide bonds. The molecule has 1 aromatic rings. The number of hydrogen-bond donors (Lipinski definition) is 1. The number of nitriles is 1. The van der Waals surface area contributed by atoms with Crippen LogP contribution in [-0.4, -0.2) is 40.5 Å². The second kappa shape index (κ2) is 5.41. The van der Waals surface area contributed by atoms with E-state index >= 15 is 0 Å². The fraction of sp³-hybridized carbons (Fsp3) is 0.400. The van der Waals surface area contributed by atoms with Gasteiger partial charge in [0.2, 0.25) is 0 Å². The SMILES string of the molecule is CC(C#N)CN(C)C(=O)c1nc(C(=O)O)cs1. The normalized spacial score (nSPS) is 11.6. The van der Waals surface area contributed by atoms with Crippen molar-refractivity contribution >= 4 is 23.2 Å². The summed E-state index contributed by atoms with van der Waals surface area (Å²) < 4.78 is 0. The zero-order chi connectivity index (χ0) is 13.0. The van der Waals surface area contributed by atoms with Gasteiger partial charge < -0.3 is 10.0 Å². The summed E-state index contributed by atoms with van der Waals surface area (Å²) in [6.45, 7) is 1.99. The van der Waals surface area contributed by atoms with E-state index in [0.717, 1.165) is 11.3 Å². The molecule has 1 aromatic heterocycles. The molecule has 1 atom stereocenters. The Bertz CT molecular complexity index is 477. The van der Waals surface area contributed by atoms with Gasteiger partial charge in [0.1, 0.15) is 0 Å². The molecular formula is C10H11N3O3S. The van der Waals surface area contributed by atoms with Gasteiger partial charge in [-0.15, -0.1) is 11.3 Å². The van der Waals surface area contributed by atoms with Gasteiger partial charge in [0.25, 0.3) is 5.91 Å². The summed E-state index contributed by atoms with van der Waals surface area (Å²) in [5.41, 5.74) is -0.139. The molecule has 0 radical (unpaired) electrons. The molecule has 0 aliphatic carbocycles. The Morgan fingerprint density at radius 2 is 2.35 bits per heavy atom. The smallest absolute Gasteiger partial charge is 0.355 e. The minimum atomic E-state index is -1.16. The summed E-state index contributed by atoms with van der Waals surface area (Å²) in [4.78, 5) is 27.5. The van der Waals surface area contributed by atoms with Gasteiger partial charge in [0, 0.05) is 19.0 Å². The molecule has 1 heterocycles. The highest BCUT2D eigenvalue weighted by molar-refractivity contribution is 7.11. The van der Waals surface area contributed by atoms with Gasteiger partial charge in [0.05, 0.1) is 12.0 Å².